The average molecular weight is 962 g/mol. The van der Waals surface area contributed by atoms with Gasteiger partial charge in [0.05, 0.1) is 36.5 Å². The quantitative estimate of drug-likeness (QED) is 0.0280. The molecule has 0 N–H and O–H groups in total. The van der Waals surface area contributed by atoms with Crippen molar-refractivity contribution in [2.75, 3.05) is 19.8 Å². The first-order chi connectivity index (χ1) is 34.0. The van der Waals surface area contributed by atoms with Crippen LogP contribution in [0.2, 0.25) is 0 Å². The minimum Gasteiger partial charge on any atom is -0.462 e. The van der Waals surface area contributed by atoms with Crippen LogP contribution in [-0.2, 0) is 14.2 Å². The summed E-state index contributed by atoms with van der Waals surface area (Å²) in [6, 6.07) is 4.49. The largest absolute Gasteiger partial charge is 0.462 e. The number of hydrogen-bond acceptors (Lipinski definition) is 6. The molecule has 396 valence electrons. The lowest BCUT2D eigenvalue weighted by Crippen LogP contribution is -2.14. The van der Waals surface area contributed by atoms with Crippen LogP contribution in [0.4, 0.5) is 0 Å². The standard InChI is InChI=1S/C63H108O6/c1-4-7-10-13-16-19-22-25-28-31-34-37-40-43-46-49-52-67-61(64)58-55-59(62(65)68-53-50-47-44-41-38-35-32-29-26-23-20-17-14-11-8-5-2)57-60(56-58)63(66)69-54-51-48-45-42-39-36-33-30-27-24-21-18-15-12-9-6-3/h25-30,55-57H,4-24,31-54H2,1-3H3. The van der Waals surface area contributed by atoms with Crippen LogP contribution in [0.15, 0.2) is 54.7 Å². The summed E-state index contributed by atoms with van der Waals surface area (Å²) < 4.78 is 17.0. The zero-order valence-corrected chi connectivity index (χ0v) is 45.5. The Kier molecular flexibility index (Phi) is 47.4. The maximum Gasteiger partial charge on any atom is 0.338 e. The summed E-state index contributed by atoms with van der Waals surface area (Å²) in [6.07, 6.45) is 65.1. The number of hydrogen-bond donors (Lipinski definition) is 0. The minimum absolute atomic E-state index is 0.176. The van der Waals surface area contributed by atoms with E-state index in [4.69, 9.17) is 14.2 Å². The second kappa shape index (κ2) is 51.2. The van der Waals surface area contributed by atoms with Crippen molar-refractivity contribution in [2.24, 2.45) is 0 Å². The van der Waals surface area contributed by atoms with E-state index in [0.29, 0.717) is 19.8 Å². The molecule has 0 atom stereocenters. The molecule has 0 aliphatic carbocycles. The van der Waals surface area contributed by atoms with Crippen molar-refractivity contribution in [3.8, 4) is 0 Å². The summed E-state index contributed by atoms with van der Waals surface area (Å²) in [5.74, 6) is -1.60. The summed E-state index contributed by atoms with van der Waals surface area (Å²) in [5, 5.41) is 0. The molecule has 0 aromatic heterocycles. The third kappa shape index (κ3) is 42.3. The Labute approximate surface area is 426 Å². The Bertz CT molecular complexity index is 1230. The third-order valence-corrected chi connectivity index (χ3v) is 13.3. The van der Waals surface area contributed by atoms with Crippen LogP contribution in [0, 0.1) is 0 Å². The molecule has 1 aromatic rings. The smallest absolute Gasteiger partial charge is 0.338 e. The van der Waals surface area contributed by atoms with Gasteiger partial charge in [0.15, 0.2) is 0 Å². The molecule has 0 radical (unpaired) electrons. The number of carbonyl (C=O) groups is 3. The maximum absolute atomic E-state index is 13.3. The summed E-state index contributed by atoms with van der Waals surface area (Å²) in [6.45, 7) is 7.72. The van der Waals surface area contributed by atoms with Crippen LogP contribution in [0.25, 0.3) is 0 Å². The van der Waals surface area contributed by atoms with Gasteiger partial charge in [-0.25, -0.2) is 14.4 Å². The Morgan fingerprint density at radius 2 is 0.449 bits per heavy atom. The summed E-state index contributed by atoms with van der Waals surface area (Å²) in [5.41, 5.74) is 0.529. The van der Waals surface area contributed by atoms with Crippen molar-refractivity contribution < 1.29 is 28.6 Å². The molecule has 1 aromatic carbocycles. The van der Waals surface area contributed by atoms with Gasteiger partial charge in [-0.15, -0.1) is 0 Å². The molecular weight excluding hydrogens is 853 g/mol. The first-order valence-electron chi connectivity index (χ1n) is 29.6. The van der Waals surface area contributed by atoms with Crippen molar-refractivity contribution in [2.45, 2.75) is 290 Å². The fraction of sp³-hybridized carbons (Fsp3) is 0.762. The van der Waals surface area contributed by atoms with E-state index >= 15 is 0 Å². The molecule has 0 aliphatic rings. The predicted molar refractivity (Wildman–Crippen MR) is 296 cm³/mol. The molecule has 0 heterocycles. The molecule has 0 saturated carbocycles. The zero-order valence-electron chi connectivity index (χ0n) is 45.5. The molecule has 6 nitrogen and oxygen atoms in total. The molecule has 0 bridgehead atoms. The van der Waals surface area contributed by atoms with E-state index < -0.39 is 17.9 Å². The number of benzene rings is 1. The molecule has 0 unspecified atom stereocenters. The van der Waals surface area contributed by atoms with Gasteiger partial charge < -0.3 is 14.2 Å². The van der Waals surface area contributed by atoms with E-state index in [1.54, 1.807) is 0 Å². The zero-order chi connectivity index (χ0) is 49.8. The van der Waals surface area contributed by atoms with Gasteiger partial charge in [-0.05, 0) is 115 Å². The SMILES string of the molecule is CCCCCCCCC=CCCCCCCCCOC(=O)c1cc(C(=O)OCCCCCCCCC=CCCCCCCCC)cc(C(=O)OCCCCCCCCC=CCCCCCCCC)c1. The molecule has 0 amide bonds. The molecule has 0 saturated heterocycles. The van der Waals surface area contributed by atoms with Gasteiger partial charge in [0.1, 0.15) is 0 Å². The number of esters is 3. The second-order valence-electron chi connectivity index (χ2n) is 20.0. The lowest BCUT2D eigenvalue weighted by molar-refractivity contribution is 0.0494. The highest BCUT2D eigenvalue weighted by Crippen LogP contribution is 2.18. The average Bonchev–Trinajstić information content (AvgIpc) is 3.36. The Hall–Kier alpha value is -3.15. The topological polar surface area (TPSA) is 78.9 Å². The Morgan fingerprint density at radius 3 is 0.652 bits per heavy atom. The van der Waals surface area contributed by atoms with Crippen LogP contribution >= 0.6 is 0 Å². The molecule has 69 heavy (non-hydrogen) atoms. The van der Waals surface area contributed by atoms with Gasteiger partial charge in [0.25, 0.3) is 0 Å². The highest BCUT2D eigenvalue weighted by molar-refractivity contribution is 6.00. The fourth-order valence-electron chi connectivity index (χ4n) is 8.77. The maximum atomic E-state index is 13.3. The van der Waals surface area contributed by atoms with Gasteiger partial charge >= 0.3 is 17.9 Å². The van der Waals surface area contributed by atoms with E-state index in [1.807, 2.05) is 0 Å². The lowest BCUT2D eigenvalue weighted by atomic mass is 10.1. The van der Waals surface area contributed by atoms with Crippen LogP contribution in [0.3, 0.4) is 0 Å². The third-order valence-electron chi connectivity index (χ3n) is 13.3. The van der Waals surface area contributed by atoms with Gasteiger partial charge in [-0.2, -0.15) is 0 Å². The monoisotopic (exact) mass is 961 g/mol. The predicted octanol–water partition coefficient (Wildman–Crippen LogP) is 20.3. The summed E-state index contributed by atoms with van der Waals surface area (Å²) in [7, 11) is 0. The highest BCUT2D eigenvalue weighted by Gasteiger charge is 2.19. The first-order valence-corrected chi connectivity index (χ1v) is 29.6. The van der Waals surface area contributed by atoms with Crippen molar-refractivity contribution in [3.63, 3.8) is 0 Å². The molecule has 0 spiro atoms. The summed E-state index contributed by atoms with van der Waals surface area (Å²) in [4.78, 5) is 39.8. The van der Waals surface area contributed by atoms with E-state index in [2.05, 4.69) is 57.2 Å². The summed E-state index contributed by atoms with van der Waals surface area (Å²) >= 11 is 0. The molecule has 6 heteroatoms. The number of carbonyl (C=O) groups excluding carboxylic acids is 3. The Morgan fingerprint density at radius 1 is 0.275 bits per heavy atom. The van der Waals surface area contributed by atoms with Gasteiger partial charge in [-0.1, -0.05) is 231 Å². The number of unbranched alkanes of at least 4 members (excludes halogenated alkanes) is 36. The van der Waals surface area contributed by atoms with Gasteiger partial charge in [0.2, 0.25) is 0 Å². The number of rotatable bonds is 51. The normalized spacial score (nSPS) is 11.7. The lowest BCUT2D eigenvalue weighted by Gasteiger charge is -2.11. The van der Waals surface area contributed by atoms with Gasteiger partial charge in [-0.3, -0.25) is 0 Å². The number of ether oxygens (including phenoxy) is 3. The van der Waals surface area contributed by atoms with E-state index in [0.717, 1.165) is 77.0 Å². The fourth-order valence-corrected chi connectivity index (χ4v) is 8.77. The van der Waals surface area contributed by atoms with E-state index in [1.165, 1.54) is 211 Å². The minimum atomic E-state index is -0.534. The van der Waals surface area contributed by atoms with Crippen molar-refractivity contribution in [3.05, 3.63) is 71.3 Å². The van der Waals surface area contributed by atoms with Crippen molar-refractivity contribution in [1.29, 1.82) is 0 Å². The van der Waals surface area contributed by atoms with Crippen molar-refractivity contribution >= 4 is 17.9 Å². The molecule has 1 rings (SSSR count). The van der Waals surface area contributed by atoms with Crippen LogP contribution < -0.4 is 0 Å². The van der Waals surface area contributed by atoms with E-state index in [-0.39, 0.29) is 16.7 Å². The molecular formula is C63H108O6. The number of allylic oxidation sites excluding steroid dienone is 6. The highest BCUT2D eigenvalue weighted by atomic mass is 16.5. The second-order valence-corrected chi connectivity index (χ2v) is 20.0. The van der Waals surface area contributed by atoms with Crippen molar-refractivity contribution in [1.82, 2.24) is 0 Å². The van der Waals surface area contributed by atoms with Crippen LogP contribution in [-0.4, -0.2) is 37.7 Å². The van der Waals surface area contributed by atoms with Gasteiger partial charge in [0, 0.05) is 0 Å². The first kappa shape index (κ1) is 63.9. The van der Waals surface area contributed by atoms with Crippen LogP contribution in [0.5, 0.6) is 0 Å². The molecule has 0 fully saturated rings. The van der Waals surface area contributed by atoms with E-state index in [9.17, 15) is 14.4 Å². The Balaban J connectivity index is 2.47. The van der Waals surface area contributed by atoms with Crippen LogP contribution in [0.1, 0.15) is 322 Å². The molecule has 0 aliphatic heterocycles.